The van der Waals surface area contributed by atoms with Crippen molar-refractivity contribution in [3.63, 3.8) is 0 Å². The number of rotatable bonds is 3. The number of aromatic nitrogens is 2. The van der Waals surface area contributed by atoms with Crippen LogP contribution in [-0.2, 0) is 6.54 Å². The van der Waals surface area contributed by atoms with Crippen LogP contribution < -0.4 is 14.8 Å². The van der Waals surface area contributed by atoms with Gasteiger partial charge in [0.25, 0.3) is 0 Å². The molecule has 7 heteroatoms. The molecule has 2 aromatic rings. The molecule has 0 spiro atoms. The van der Waals surface area contributed by atoms with Gasteiger partial charge in [0.05, 0.1) is 18.2 Å². The number of hydrogen-bond donors (Lipinski definition) is 1. The molecule has 0 saturated carbocycles. The Kier molecular flexibility index (Phi) is 4.26. The summed E-state index contributed by atoms with van der Waals surface area (Å²) in [5.41, 5.74) is 1.23. The van der Waals surface area contributed by atoms with E-state index >= 15 is 0 Å². The Morgan fingerprint density at radius 1 is 1.23 bits per heavy atom. The summed E-state index contributed by atoms with van der Waals surface area (Å²) in [6.07, 6.45) is 0.833. The van der Waals surface area contributed by atoms with Gasteiger partial charge in [-0.2, -0.15) is 5.26 Å². The summed E-state index contributed by atoms with van der Waals surface area (Å²) >= 11 is 6.24. The van der Waals surface area contributed by atoms with Gasteiger partial charge in [-0.1, -0.05) is 11.6 Å². The van der Waals surface area contributed by atoms with Gasteiger partial charge in [0.1, 0.15) is 11.9 Å². The van der Waals surface area contributed by atoms with Gasteiger partial charge in [0.15, 0.2) is 17.2 Å². The number of nitriles is 1. The monoisotopic (exact) mass is 316 g/mol. The first-order valence-corrected chi connectivity index (χ1v) is 7.20. The Morgan fingerprint density at radius 2 is 2.09 bits per heavy atom. The maximum absolute atomic E-state index is 8.69. The maximum atomic E-state index is 8.69. The van der Waals surface area contributed by atoms with Crippen LogP contribution in [0.2, 0.25) is 5.02 Å². The second kappa shape index (κ2) is 6.50. The van der Waals surface area contributed by atoms with Crippen molar-refractivity contribution in [2.75, 3.05) is 18.5 Å². The molecule has 1 N–H and O–H groups in total. The molecule has 0 radical (unpaired) electrons. The molecule has 0 unspecified atom stereocenters. The lowest BCUT2D eigenvalue weighted by molar-refractivity contribution is 0.297. The SMILES string of the molecule is N#Cc1ccc(NCc2cc(Cl)c3c(c2)OCCCO3)nn1. The molecule has 3 rings (SSSR count). The fourth-order valence-electron chi connectivity index (χ4n) is 2.07. The van der Waals surface area contributed by atoms with Crippen LogP contribution in [0.4, 0.5) is 5.82 Å². The number of benzene rings is 1. The average molecular weight is 317 g/mol. The van der Waals surface area contributed by atoms with Gasteiger partial charge in [-0.15, -0.1) is 10.2 Å². The van der Waals surface area contributed by atoms with Crippen LogP contribution >= 0.6 is 11.6 Å². The number of ether oxygens (including phenoxy) is 2. The third-order valence-electron chi connectivity index (χ3n) is 3.11. The summed E-state index contributed by atoms with van der Waals surface area (Å²) in [5.74, 6) is 1.84. The van der Waals surface area contributed by atoms with Crippen molar-refractivity contribution in [1.29, 1.82) is 5.26 Å². The summed E-state index contributed by atoms with van der Waals surface area (Å²) in [6.45, 7) is 1.73. The molecule has 1 aliphatic heterocycles. The van der Waals surface area contributed by atoms with Crippen molar-refractivity contribution in [2.45, 2.75) is 13.0 Å². The predicted octanol–water partition coefficient (Wildman–Crippen LogP) is 2.78. The Bertz CT molecular complexity index is 713. The van der Waals surface area contributed by atoms with Crippen LogP contribution in [0.1, 0.15) is 17.7 Å². The zero-order valence-electron chi connectivity index (χ0n) is 11.7. The van der Waals surface area contributed by atoms with Crippen LogP contribution in [0.25, 0.3) is 0 Å². The average Bonchev–Trinajstić information content (AvgIpc) is 2.79. The number of halogens is 1. The zero-order valence-corrected chi connectivity index (χ0v) is 12.4. The molecule has 1 aromatic carbocycles. The fourth-order valence-corrected chi connectivity index (χ4v) is 2.35. The molecule has 2 heterocycles. The second-order valence-corrected chi connectivity index (χ2v) is 5.13. The smallest absolute Gasteiger partial charge is 0.179 e. The normalized spacial score (nSPS) is 13.1. The van der Waals surface area contributed by atoms with Crippen LogP contribution in [0.5, 0.6) is 11.5 Å². The van der Waals surface area contributed by atoms with Gasteiger partial charge in [0.2, 0.25) is 0 Å². The highest BCUT2D eigenvalue weighted by Crippen LogP contribution is 2.38. The van der Waals surface area contributed by atoms with Crippen LogP contribution in [0, 0.1) is 11.3 Å². The van der Waals surface area contributed by atoms with E-state index in [0.29, 0.717) is 42.1 Å². The molecular weight excluding hydrogens is 304 g/mol. The third kappa shape index (κ3) is 3.21. The first-order chi connectivity index (χ1) is 10.8. The molecule has 1 aromatic heterocycles. The van der Waals surface area contributed by atoms with E-state index in [1.807, 2.05) is 18.2 Å². The number of nitrogens with zero attached hydrogens (tertiary/aromatic N) is 3. The highest BCUT2D eigenvalue weighted by atomic mass is 35.5. The van der Waals surface area contributed by atoms with Crippen molar-refractivity contribution in [2.24, 2.45) is 0 Å². The second-order valence-electron chi connectivity index (χ2n) is 4.72. The van der Waals surface area contributed by atoms with Gasteiger partial charge >= 0.3 is 0 Å². The standard InChI is InChI=1S/C15H13ClN4O2/c16-12-6-10(7-13-15(12)22-5-1-4-21-13)9-18-14-3-2-11(8-17)19-20-14/h2-3,6-7H,1,4-5,9H2,(H,18,20). The molecule has 0 aliphatic carbocycles. The van der Waals surface area contributed by atoms with Gasteiger partial charge in [-0.25, -0.2) is 0 Å². The Hall–Kier alpha value is -2.52. The highest BCUT2D eigenvalue weighted by molar-refractivity contribution is 6.32. The molecule has 1 aliphatic rings. The Morgan fingerprint density at radius 3 is 2.86 bits per heavy atom. The predicted molar refractivity (Wildman–Crippen MR) is 81.1 cm³/mol. The summed E-state index contributed by atoms with van der Waals surface area (Å²) in [5, 5.41) is 20.0. The summed E-state index contributed by atoms with van der Waals surface area (Å²) in [7, 11) is 0. The molecule has 112 valence electrons. The van der Waals surface area contributed by atoms with E-state index in [0.717, 1.165) is 12.0 Å². The van der Waals surface area contributed by atoms with Gasteiger partial charge in [-0.05, 0) is 29.8 Å². The maximum Gasteiger partial charge on any atom is 0.179 e. The van der Waals surface area contributed by atoms with E-state index in [1.165, 1.54) is 0 Å². The quantitative estimate of drug-likeness (QED) is 0.938. The van der Waals surface area contributed by atoms with E-state index < -0.39 is 0 Å². The Labute approximate surface area is 132 Å². The van der Waals surface area contributed by atoms with Crippen LogP contribution in [0.15, 0.2) is 24.3 Å². The molecule has 0 bridgehead atoms. The molecule has 0 amide bonds. The minimum absolute atomic E-state index is 0.282. The van der Waals surface area contributed by atoms with Crippen LogP contribution in [-0.4, -0.2) is 23.4 Å². The van der Waals surface area contributed by atoms with Gasteiger partial charge in [0, 0.05) is 13.0 Å². The molecule has 0 atom stereocenters. The lowest BCUT2D eigenvalue weighted by Crippen LogP contribution is -2.03. The van der Waals surface area contributed by atoms with Crippen molar-refractivity contribution < 1.29 is 9.47 Å². The van der Waals surface area contributed by atoms with E-state index in [9.17, 15) is 0 Å². The van der Waals surface area contributed by atoms with Crippen molar-refractivity contribution in [3.05, 3.63) is 40.5 Å². The number of hydrogen-bond acceptors (Lipinski definition) is 6. The molecular formula is C15H13ClN4O2. The van der Waals surface area contributed by atoms with Crippen molar-refractivity contribution in [1.82, 2.24) is 10.2 Å². The third-order valence-corrected chi connectivity index (χ3v) is 3.40. The highest BCUT2D eigenvalue weighted by Gasteiger charge is 2.15. The molecule has 0 fully saturated rings. The van der Waals surface area contributed by atoms with Gasteiger partial charge in [-0.3, -0.25) is 0 Å². The minimum Gasteiger partial charge on any atom is -0.489 e. The zero-order chi connectivity index (χ0) is 15.4. The first-order valence-electron chi connectivity index (χ1n) is 6.82. The number of fused-ring (bicyclic) bond motifs is 1. The molecule has 0 saturated heterocycles. The van der Waals surface area contributed by atoms with E-state index in [1.54, 1.807) is 12.1 Å². The van der Waals surface area contributed by atoms with Crippen molar-refractivity contribution in [3.8, 4) is 17.6 Å². The topological polar surface area (TPSA) is 80.1 Å². The largest absolute Gasteiger partial charge is 0.489 e. The molecule has 22 heavy (non-hydrogen) atoms. The van der Waals surface area contributed by atoms with Crippen molar-refractivity contribution >= 4 is 17.4 Å². The fraction of sp³-hybridized carbons (Fsp3) is 0.267. The van der Waals surface area contributed by atoms with Gasteiger partial charge < -0.3 is 14.8 Å². The Balaban J connectivity index is 1.73. The summed E-state index contributed by atoms with van der Waals surface area (Å²) < 4.78 is 11.2. The lowest BCUT2D eigenvalue weighted by atomic mass is 10.2. The number of anilines is 1. The minimum atomic E-state index is 0.282. The van der Waals surface area contributed by atoms with E-state index in [4.69, 9.17) is 26.3 Å². The van der Waals surface area contributed by atoms with E-state index in [-0.39, 0.29) is 5.69 Å². The molecule has 6 nitrogen and oxygen atoms in total. The number of nitrogens with one attached hydrogen (secondary N) is 1. The summed E-state index contributed by atoms with van der Waals surface area (Å²) in [4.78, 5) is 0. The summed E-state index contributed by atoms with van der Waals surface area (Å²) in [6, 6.07) is 8.97. The first kappa shape index (κ1) is 14.4. The lowest BCUT2D eigenvalue weighted by Gasteiger charge is -2.12. The van der Waals surface area contributed by atoms with Crippen LogP contribution in [0.3, 0.4) is 0 Å². The van der Waals surface area contributed by atoms with E-state index in [2.05, 4.69) is 15.5 Å².